The largest absolute Gasteiger partial charge is 0.336 e. The summed E-state index contributed by atoms with van der Waals surface area (Å²) in [6.45, 7) is 1.76. The van der Waals surface area contributed by atoms with Gasteiger partial charge in [-0.2, -0.15) is 0 Å². The number of urea groups is 1. The molecule has 0 bridgehead atoms. The highest BCUT2D eigenvalue weighted by molar-refractivity contribution is 6.34. The van der Waals surface area contributed by atoms with Crippen LogP contribution in [-0.4, -0.2) is 37.5 Å². The molecule has 138 valence electrons. The van der Waals surface area contributed by atoms with Crippen LogP contribution in [-0.2, 0) is 4.79 Å². The van der Waals surface area contributed by atoms with E-state index in [2.05, 4.69) is 10.6 Å². The Morgan fingerprint density at radius 2 is 1.81 bits per heavy atom. The molecule has 4 rings (SSSR count). The molecular formula is C19H17ClN4O3. The maximum Gasteiger partial charge on any atom is 0.322 e. The number of anilines is 3. The van der Waals surface area contributed by atoms with Gasteiger partial charge in [-0.05, 0) is 42.5 Å². The summed E-state index contributed by atoms with van der Waals surface area (Å²) in [5, 5.41) is 5.94. The number of carbonyl (C=O) groups is 3. The van der Waals surface area contributed by atoms with E-state index in [1.807, 2.05) is 0 Å². The number of β-lactam (4-membered cyclic amide) rings is 1. The van der Waals surface area contributed by atoms with Crippen LogP contribution in [0.2, 0.25) is 5.02 Å². The van der Waals surface area contributed by atoms with Gasteiger partial charge in [0.25, 0.3) is 5.91 Å². The number of nitrogens with one attached hydrogen (secondary N) is 2. The first kappa shape index (κ1) is 17.4. The molecule has 2 aromatic rings. The molecule has 2 heterocycles. The minimum Gasteiger partial charge on any atom is -0.336 e. The number of amides is 4. The Balaban J connectivity index is 1.49. The zero-order chi connectivity index (χ0) is 19.0. The second-order valence-corrected chi connectivity index (χ2v) is 6.75. The van der Waals surface area contributed by atoms with Gasteiger partial charge in [-0.1, -0.05) is 11.6 Å². The predicted octanol–water partition coefficient (Wildman–Crippen LogP) is 2.86. The van der Waals surface area contributed by atoms with Gasteiger partial charge in [-0.15, -0.1) is 0 Å². The van der Waals surface area contributed by atoms with Gasteiger partial charge in [0, 0.05) is 43.0 Å². The molecule has 0 aliphatic carbocycles. The first-order valence-electron chi connectivity index (χ1n) is 8.59. The second-order valence-electron chi connectivity index (χ2n) is 6.35. The van der Waals surface area contributed by atoms with Crippen molar-refractivity contribution in [2.45, 2.75) is 6.42 Å². The van der Waals surface area contributed by atoms with Crippen LogP contribution in [0.1, 0.15) is 16.8 Å². The lowest BCUT2D eigenvalue weighted by Crippen LogP contribution is -2.43. The van der Waals surface area contributed by atoms with Gasteiger partial charge >= 0.3 is 6.03 Å². The molecule has 2 N–H and O–H groups in total. The van der Waals surface area contributed by atoms with E-state index in [0.29, 0.717) is 41.5 Å². The lowest BCUT2D eigenvalue weighted by Gasteiger charge is -2.30. The van der Waals surface area contributed by atoms with Gasteiger partial charge in [0.15, 0.2) is 0 Å². The van der Waals surface area contributed by atoms with Crippen molar-refractivity contribution in [3.63, 3.8) is 0 Å². The number of benzene rings is 2. The minimum absolute atomic E-state index is 0.103. The molecule has 2 aliphatic heterocycles. The molecule has 27 heavy (non-hydrogen) atoms. The van der Waals surface area contributed by atoms with Gasteiger partial charge in [-0.3, -0.25) is 14.5 Å². The van der Waals surface area contributed by atoms with Crippen molar-refractivity contribution in [1.29, 1.82) is 0 Å². The fourth-order valence-corrected chi connectivity index (χ4v) is 3.30. The fourth-order valence-electron chi connectivity index (χ4n) is 3.08. The standard InChI is InChI=1S/C19H17ClN4O3/c20-15-6-1-12(11-16(15)24-10-8-21-19(24)27)18(26)22-13-2-4-14(5-3-13)23-9-7-17(23)25/h1-6,11H,7-10H2,(H,21,27)(H,22,26). The topological polar surface area (TPSA) is 81.8 Å². The zero-order valence-electron chi connectivity index (χ0n) is 14.4. The summed E-state index contributed by atoms with van der Waals surface area (Å²) in [6, 6.07) is 11.7. The molecular weight excluding hydrogens is 368 g/mol. The smallest absolute Gasteiger partial charge is 0.322 e. The molecule has 2 aromatic carbocycles. The van der Waals surface area contributed by atoms with Crippen molar-refractivity contribution in [1.82, 2.24) is 5.32 Å². The molecule has 0 aromatic heterocycles. The Morgan fingerprint density at radius 3 is 2.41 bits per heavy atom. The molecule has 0 spiro atoms. The highest BCUT2D eigenvalue weighted by Crippen LogP contribution is 2.29. The van der Waals surface area contributed by atoms with Crippen LogP contribution < -0.4 is 20.4 Å². The van der Waals surface area contributed by atoms with Crippen LogP contribution >= 0.6 is 11.6 Å². The van der Waals surface area contributed by atoms with E-state index in [4.69, 9.17) is 11.6 Å². The van der Waals surface area contributed by atoms with E-state index < -0.39 is 0 Å². The van der Waals surface area contributed by atoms with Crippen molar-refractivity contribution in [3.8, 4) is 0 Å². The van der Waals surface area contributed by atoms with Crippen LogP contribution in [0.25, 0.3) is 0 Å². The summed E-state index contributed by atoms with van der Waals surface area (Å²) in [7, 11) is 0. The number of nitrogens with zero attached hydrogens (tertiary/aromatic N) is 2. The highest BCUT2D eigenvalue weighted by atomic mass is 35.5. The number of carbonyl (C=O) groups excluding carboxylic acids is 3. The molecule has 0 saturated carbocycles. The second kappa shape index (κ2) is 6.92. The molecule has 2 aliphatic rings. The summed E-state index contributed by atoms with van der Waals surface area (Å²) < 4.78 is 0. The minimum atomic E-state index is -0.305. The van der Waals surface area contributed by atoms with E-state index in [1.54, 1.807) is 47.4 Å². The summed E-state index contributed by atoms with van der Waals surface area (Å²) in [5.41, 5.74) is 2.34. The van der Waals surface area contributed by atoms with E-state index in [9.17, 15) is 14.4 Å². The quantitative estimate of drug-likeness (QED) is 0.795. The maximum absolute atomic E-state index is 12.6. The fraction of sp³-hybridized carbons (Fsp3) is 0.211. The molecule has 0 radical (unpaired) electrons. The molecule has 4 amide bonds. The Kier molecular flexibility index (Phi) is 4.45. The molecule has 7 nitrogen and oxygen atoms in total. The van der Waals surface area contributed by atoms with Crippen LogP contribution in [0.15, 0.2) is 42.5 Å². The SMILES string of the molecule is O=C(Nc1ccc(N2CCC2=O)cc1)c1ccc(Cl)c(N2CCNC2=O)c1. The third-order valence-corrected chi connectivity index (χ3v) is 4.96. The number of rotatable bonds is 4. The Morgan fingerprint density at radius 1 is 1.04 bits per heavy atom. The van der Waals surface area contributed by atoms with E-state index in [1.165, 1.54) is 4.90 Å². The van der Waals surface area contributed by atoms with Crippen LogP contribution in [0.3, 0.4) is 0 Å². The first-order chi connectivity index (χ1) is 13.0. The molecule has 2 fully saturated rings. The third-order valence-electron chi connectivity index (χ3n) is 4.64. The maximum atomic E-state index is 12.6. The van der Waals surface area contributed by atoms with Crippen LogP contribution in [0, 0.1) is 0 Å². The van der Waals surface area contributed by atoms with E-state index in [-0.39, 0.29) is 17.8 Å². The third kappa shape index (κ3) is 3.33. The first-order valence-corrected chi connectivity index (χ1v) is 8.97. The van der Waals surface area contributed by atoms with Crippen molar-refractivity contribution in [2.75, 3.05) is 34.8 Å². The average molecular weight is 385 g/mol. The number of halogens is 1. The summed E-state index contributed by atoms with van der Waals surface area (Å²) >= 11 is 6.20. The molecule has 0 unspecified atom stereocenters. The molecule has 2 saturated heterocycles. The van der Waals surface area contributed by atoms with Crippen LogP contribution in [0.4, 0.5) is 21.9 Å². The van der Waals surface area contributed by atoms with Crippen molar-refractivity contribution < 1.29 is 14.4 Å². The van der Waals surface area contributed by atoms with Crippen LogP contribution in [0.5, 0.6) is 0 Å². The number of hydrogen-bond donors (Lipinski definition) is 2. The average Bonchev–Trinajstić information content (AvgIpc) is 3.08. The Hall–Kier alpha value is -3.06. The Labute approximate surface area is 160 Å². The predicted molar refractivity (Wildman–Crippen MR) is 104 cm³/mol. The monoisotopic (exact) mass is 384 g/mol. The van der Waals surface area contributed by atoms with Gasteiger partial charge in [0.05, 0.1) is 10.7 Å². The summed E-state index contributed by atoms with van der Waals surface area (Å²) in [6.07, 6.45) is 0.576. The lowest BCUT2D eigenvalue weighted by atomic mass is 10.1. The highest BCUT2D eigenvalue weighted by Gasteiger charge is 2.25. The number of hydrogen-bond acceptors (Lipinski definition) is 3. The van der Waals surface area contributed by atoms with E-state index >= 15 is 0 Å². The van der Waals surface area contributed by atoms with Gasteiger partial charge in [0.1, 0.15) is 0 Å². The normalized spacial score (nSPS) is 16.2. The Bertz CT molecular complexity index is 929. The zero-order valence-corrected chi connectivity index (χ0v) is 15.1. The van der Waals surface area contributed by atoms with Crippen molar-refractivity contribution >= 4 is 46.5 Å². The summed E-state index contributed by atoms with van der Waals surface area (Å²) in [5.74, 6) is -0.202. The van der Waals surface area contributed by atoms with Gasteiger partial charge in [-0.25, -0.2) is 4.79 Å². The van der Waals surface area contributed by atoms with Gasteiger partial charge in [0.2, 0.25) is 5.91 Å². The lowest BCUT2D eigenvalue weighted by molar-refractivity contribution is -0.122. The van der Waals surface area contributed by atoms with Crippen molar-refractivity contribution in [2.24, 2.45) is 0 Å². The van der Waals surface area contributed by atoms with Gasteiger partial charge < -0.3 is 15.5 Å². The van der Waals surface area contributed by atoms with E-state index in [0.717, 1.165) is 12.2 Å². The molecule has 8 heteroatoms. The molecule has 0 atom stereocenters. The summed E-state index contributed by atoms with van der Waals surface area (Å²) in [4.78, 5) is 39.1. The van der Waals surface area contributed by atoms with Crippen molar-refractivity contribution in [3.05, 3.63) is 53.1 Å².